The highest BCUT2D eigenvalue weighted by Crippen LogP contribution is 2.43. The minimum absolute atomic E-state index is 0.194. The summed E-state index contributed by atoms with van der Waals surface area (Å²) in [5.41, 5.74) is -2.55. The van der Waals surface area contributed by atoms with Gasteiger partial charge in [0.15, 0.2) is 17.2 Å². The van der Waals surface area contributed by atoms with Crippen molar-refractivity contribution in [1.29, 1.82) is 0 Å². The molecule has 90 valence electrons. The van der Waals surface area contributed by atoms with Gasteiger partial charge >= 0.3 is 6.18 Å². The number of nitrogens with zero attached hydrogens (tertiary/aromatic N) is 1. The zero-order valence-corrected chi connectivity index (χ0v) is 7.85. The van der Waals surface area contributed by atoms with Crippen LogP contribution in [0.4, 0.5) is 22.0 Å². The molecular weight excluding hydrogens is 237 g/mol. The third-order valence-electron chi connectivity index (χ3n) is 1.75. The summed E-state index contributed by atoms with van der Waals surface area (Å²) in [7, 11) is 0.833. The van der Waals surface area contributed by atoms with Gasteiger partial charge in [-0.3, -0.25) is 4.98 Å². The van der Waals surface area contributed by atoms with Crippen LogP contribution < -0.4 is 4.74 Å². The number of hydrogen-bond donors (Lipinski definition) is 1. The van der Waals surface area contributed by atoms with E-state index >= 15 is 0 Å². The molecule has 0 aliphatic carbocycles. The molecule has 0 spiro atoms. The van der Waals surface area contributed by atoms with Crippen molar-refractivity contribution in [1.82, 2.24) is 4.98 Å². The van der Waals surface area contributed by atoms with E-state index in [2.05, 4.69) is 9.72 Å². The Bertz CT molecular complexity index is 391. The van der Waals surface area contributed by atoms with Crippen LogP contribution >= 0.6 is 0 Å². The fourth-order valence-electron chi connectivity index (χ4n) is 1.07. The summed E-state index contributed by atoms with van der Waals surface area (Å²) in [6.07, 6.45) is -7.83. The Hall–Kier alpha value is -1.60. The van der Waals surface area contributed by atoms with Crippen LogP contribution in [0.5, 0.6) is 11.5 Å². The maximum atomic E-state index is 12.3. The second kappa shape index (κ2) is 4.11. The highest BCUT2D eigenvalue weighted by Gasteiger charge is 2.37. The summed E-state index contributed by atoms with van der Waals surface area (Å²) >= 11 is 0. The number of pyridine rings is 1. The molecule has 0 amide bonds. The normalized spacial score (nSPS) is 11.9. The van der Waals surface area contributed by atoms with Crippen LogP contribution in [0, 0.1) is 0 Å². The van der Waals surface area contributed by atoms with E-state index in [4.69, 9.17) is 5.11 Å². The van der Waals surface area contributed by atoms with Gasteiger partial charge in [-0.15, -0.1) is 0 Å². The second-order valence-corrected chi connectivity index (χ2v) is 2.74. The molecule has 1 N–H and O–H groups in total. The topological polar surface area (TPSA) is 42.4 Å². The number of alkyl halides is 5. The molecule has 0 unspecified atom stereocenters. The van der Waals surface area contributed by atoms with Gasteiger partial charge in [0.2, 0.25) is 0 Å². The van der Waals surface area contributed by atoms with E-state index < -0.39 is 35.4 Å². The van der Waals surface area contributed by atoms with Crippen molar-refractivity contribution in [3.63, 3.8) is 0 Å². The van der Waals surface area contributed by atoms with Crippen molar-refractivity contribution in [2.75, 3.05) is 7.11 Å². The van der Waals surface area contributed by atoms with Gasteiger partial charge in [-0.2, -0.15) is 13.2 Å². The summed E-state index contributed by atoms with van der Waals surface area (Å²) in [6, 6.07) is 0. The molecule has 0 fully saturated rings. The van der Waals surface area contributed by atoms with Gasteiger partial charge in [0.05, 0.1) is 7.11 Å². The van der Waals surface area contributed by atoms with Gasteiger partial charge in [-0.1, -0.05) is 0 Å². The van der Waals surface area contributed by atoms with Gasteiger partial charge in [-0.25, -0.2) is 8.78 Å². The Labute approximate surface area is 86.5 Å². The Morgan fingerprint density at radius 3 is 2.31 bits per heavy atom. The van der Waals surface area contributed by atoms with Crippen molar-refractivity contribution >= 4 is 0 Å². The van der Waals surface area contributed by atoms with Crippen molar-refractivity contribution < 1.29 is 31.8 Å². The van der Waals surface area contributed by atoms with Crippen LogP contribution in [0.2, 0.25) is 0 Å². The maximum Gasteiger partial charge on any atom is 0.421 e. The maximum absolute atomic E-state index is 12.3. The zero-order chi connectivity index (χ0) is 12.5. The van der Waals surface area contributed by atoms with E-state index in [1.807, 2.05) is 0 Å². The predicted octanol–water partition coefficient (Wildman–Crippen LogP) is 2.75. The molecule has 1 aromatic heterocycles. The Morgan fingerprint density at radius 2 is 1.94 bits per heavy atom. The molecule has 3 nitrogen and oxygen atoms in total. The van der Waals surface area contributed by atoms with Crippen LogP contribution in [0.3, 0.4) is 0 Å². The summed E-state index contributed by atoms with van der Waals surface area (Å²) in [5, 5.41) is 9.14. The van der Waals surface area contributed by atoms with Crippen molar-refractivity contribution in [3.05, 3.63) is 17.5 Å². The van der Waals surface area contributed by atoms with E-state index in [1.165, 1.54) is 0 Å². The largest absolute Gasteiger partial charge is 0.503 e. The molecule has 1 heterocycles. The molecule has 1 aromatic rings. The Balaban J connectivity index is 3.41. The molecular formula is C8H6F5NO2. The first-order valence-electron chi connectivity index (χ1n) is 3.90. The average molecular weight is 243 g/mol. The molecule has 0 aliphatic rings. The van der Waals surface area contributed by atoms with Gasteiger partial charge in [0, 0.05) is 6.20 Å². The summed E-state index contributed by atoms with van der Waals surface area (Å²) in [5.74, 6) is -2.36. The highest BCUT2D eigenvalue weighted by molar-refractivity contribution is 5.48. The lowest BCUT2D eigenvalue weighted by Crippen LogP contribution is -2.09. The standard InChI is InChI=1S/C8H6F5NO2/c1-16-6-3(8(11,12)13)2-14-4(5(6)15)7(9)10/h2,7,15H,1H3. The number of hydrogen-bond acceptors (Lipinski definition) is 3. The van der Waals surface area contributed by atoms with Crippen LogP contribution in [0.25, 0.3) is 0 Å². The molecule has 8 heteroatoms. The molecule has 1 rings (SSSR count). The summed E-state index contributed by atoms with van der Waals surface area (Å²) < 4.78 is 65.7. The minimum atomic E-state index is -4.84. The van der Waals surface area contributed by atoms with Crippen LogP contribution in [-0.4, -0.2) is 17.2 Å². The SMILES string of the molecule is COc1c(C(F)(F)F)cnc(C(F)F)c1O. The van der Waals surface area contributed by atoms with E-state index in [0.717, 1.165) is 7.11 Å². The van der Waals surface area contributed by atoms with Crippen LogP contribution in [-0.2, 0) is 6.18 Å². The predicted molar refractivity (Wildman–Crippen MR) is 42.4 cm³/mol. The van der Waals surface area contributed by atoms with E-state index in [1.54, 1.807) is 0 Å². The molecule has 0 saturated carbocycles. The lowest BCUT2D eigenvalue weighted by atomic mass is 10.2. The second-order valence-electron chi connectivity index (χ2n) is 2.74. The van der Waals surface area contributed by atoms with Crippen LogP contribution in [0.15, 0.2) is 6.20 Å². The molecule has 0 saturated heterocycles. The van der Waals surface area contributed by atoms with E-state index in [0.29, 0.717) is 0 Å². The van der Waals surface area contributed by atoms with Gasteiger partial charge in [-0.05, 0) is 0 Å². The highest BCUT2D eigenvalue weighted by atomic mass is 19.4. The number of halogens is 5. The molecule has 0 aromatic carbocycles. The number of ether oxygens (including phenoxy) is 1. The van der Waals surface area contributed by atoms with Crippen molar-refractivity contribution in [2.24, 2.45) is 0 Å². The fraction of sp³-hybridized carbons (Fsp3) is 0.375. The van der Waals surface area contributed by atoms with E-state index in [9.17, 15) is 22.0 Å². The van der Waals surface area contributed by atoms with Gasteiger partial charge in [0.25, 0.3) is 6.43 Å². The zero-order valence-electron chi connectivity index (χ0n) is 7.85. The monoisotopic (exact) mass is 243 g/mol. The number of aromatic hydroxyl groups is 1. The third kappa shape index (κ3) is 2.15. The first-order valence-corrected chi connectivity index (χ1v) is 3.90. The summed E-state index contributed by atoms with van der Waals surface area (Å²) in [4.78, 5) is 2.85. The smallest absolute Gasteiger partial charge is 0.421 e. The van der Waals surface area contributed by atoms with Crippen molar-refractivity contribution in [2.45, 2.75) is 12.6 Å². The first-order chi connectivity index (χ1) is 7.29. The molecule has 0 bridgehead atoms. The lowest BCUT2D eigenvalue weighted by molar-refractivity contribution is -0.139. The lowest BCUT2D eigenvalue weighted by Gasteiger charge is -2.14. The minimum Gasteiger partial charge on any atom is -0.503 e. The quantitative estimate of drug-likeness (QED) is 0.812. The molecule has 0 radical (unpaired) electrons. The third-order valence-corrected chi connectivity index (χ3v) is 1.75. The fourth-order valence-corrected chi connectivity index (χ4v) is 1.07. The number of rotatable bonds is 2. The van der Waals surface area contributed by atoms with Crippen molar-refractivity contribution in [3.8, 4) is 11.5 Å². The number of methoxy groups -OCH3 is 1. The Morgan fingerprint density at radius 1 is 1.38 bits per heavy atom. The Kier molecular flexibility index (Phi) is 3.20. The molecule has 0 aliphatic heterocycles. The number of aromatic nitrogens is 1. The van der Waals surface area contributed by atoms with Gasteiger partial charge < -0.3 is 9.84 Å². The van der Waals surface area contributed by atoms with Gasteiger partial charge in [0.1, 0.15) is 5.56 Å². The molecule has 16 heavy (non-hydrogen) atoms. The average Bonchev–Trinajstić information content (AvgIpc) is 2.15. The summed E-state index contributed by atoms with van der Waals surface area (Å²) in [6.45, 7) is 0. The van der Waals surface area contributed by atoms with Crippen LogP contribution in [0.1, 0.15) is 17.7 Å². The van der Waals surface area contributed by atoms with E-state index in [-0.39, 0.29) is 6.20 Å². The molecule has 0 atom stereocenters. The first kappa shape index (κ1) is 12.5.